The molecule has 0 bridgehead atoms. The lowest BCUT2D eigenvalue weighted by Crippen LogP contribution is -2.26. The Balaban J connectivity index is 2.19. The molecule has 2 heterocycles. The minimum Gasteiger partial charge on any atom is -0.396 e. The molecule has 0 aliphatic heterocycles. The molecule has 0 spiro atoms. The number of aryl methyl sites for hydroxylation is 1. The van der Waals surface area contributed by atoms with Crippen molar-refractivity contribution in [2.24, 2.45) is 0 Å². The van der Waals surface area contributed by atoms with Gasteiger partial charge in [-0.2, -0.15) is 0 Å². The van der Waals surface area contributed by atoms with Gasteiger partial charge >= 0.3 is 0 Å². The fourth-order valence-electron chi connectivity index (χ4n) is 2.56. The molecule has 0 aliphatic carbocycles. The van der Waals surface area contributed by atoms with Crippen LogP contribution in [0.1, 0.15) is 29.5 Å². The maximum Gasteiger partial charge on any atom is 0.272 e. The second kappa shape index (κ2) is 6.52. The average Bonchev–Trinajstić information content (AvgIpc) is 2.98. The molecule has 0 atom stereocenters. The molecule has 0 unspecified atom stereocenters. The van der Waals surface area contributed by atoms with Crippen LogP contribution in [-0.4, -0.2) is 22.4 Å². The Labute approximate surface area is 142 Å². The SMILES string of the molecule is CCCNC(=O)c1ncc2c(-c3scnc3C)c(F)ccc2c1N. The number of halogens is 1. The summed E-state index contributed by atoms with van der Waals surface area (Å²) in [7, 11) is 0. The van der Waals surface area contributed by atoms with Crippen LogP contribution in [0.5, 0.6) is 0 Å². The van der Waals surface area contributed by atoms with Crippen LogP contribution in [0.2, 0.25) is 0 Å². The number of nitrogens with one attached hydrogen (secondary N) is 1. The fraction of sp³-hybridized carbons (Fsp3) is 0.235. The largest absolute Gasteiger partial charge is 0.396 e. The van der Waals surface area contributed by atoms with E-state index in [0.717, 1.165) is 17.0 Å². The Morgan fingerprint density at radius 1 is 1.33 bits per heavy atom. The highest BCUT2D eigenvalue weighted by Gasteiger charge is 2.19. The lowest BCUT2D eigenvalue weighted by molar-refractivity contribution is 0.0950. The Kier molecular flexibility index (Phi) is 4.44. The predicted molar refractivity (Wildman–Crippen MR) is 94.6 cm³/mol. The van der Waals surface area contributed by atoms with Gasteiger partial charge in [-0.15, -0.1) is 11.3 Å². The summed E-state index contributed by atoms with van der Waals surface area (Å²) in [6.45, 7) is 4.34. The molecule has 0 aliphatic rings. The summed E-state index contributed by atoms with van der Waals surface area (Å²) in [5.74, 6) is -0.685. The first-order chi connectivity index (χ1) is 11.5. The van der Waals surface area contributed by atoms with Crippen LogP contribution in [-0.2, 0) is 0 Å². The van der Waals surface area contributed by atoms with Gasteiger partial charge in [-0.1, -0.05) is 6.92 Å². The smallest absolute Gasteiger partial charge is 0.272 e. The Bertz CT molecular complexity index is 922. The van der Waals surface area contributed by atoms with Crippen molar-refractivity contribution in [3.05, 3.63) is 41.0 Å². The summed E-state index contributed by atoms with van der Waals surface area (Å²) in [5.41, 5.74) is 9.40. The van der Waals surface area contributed by atoms with E-state index in [9.17, 15) is 9.18 Å². The molecule has 24 heavy (non-hydrogen) atoms. The highest BCUT2D eigenvalue weighted by Crippen LogP contribution is 2.37. The molecule has 3 rings (SSSR count). The van der Waals surface area contributed by atoms with Crippen molar-refractivity contribution in [3.8, 4) is 10.4 Å². The zero-order valence-corrected chi connectivity index (χ0v) is 14.2. The van der Waals surface area contributed by atoms with Crippen molar-refractivity contribution in [2.45, 2.75) is 20.3 Å². The van der Waals surface area contributed by atoms with Crippen LogP contribution in [0.25, 0.3) is 21.2 Å². The van der Waals surface area contributed by atoms with Crippen molar-refractivity contribution in [1.29, 1.82) is 0 Å². The van der Waals surface area contributed by atoms with Gasteiger partial charge in [-0.05, 0) is 25.5 Å². The molecule has 124 valence electrons. The number of hydrogen-bond donors (Lipinski definition) is 2. The number of nitrogens with zero attached hydrogens (tertiary/aromatic N) is 2. The minimum absolute atomic E-state index is 0.162. The zero-order chi connectivity index (χ0) is 17.3. The van der Waals surface area contributed by atoms with E-state index >= 15 is 0 Å². The normalized spacial score (nSPS) is 11.0. The number of thiazole rings is 1. The first kappa shape index (κ1) is 16.3. The molecule has 0 radical (unpaired) electrons. The van der Waals surface area contributed by atoms with Crippen molar-refractivity contribution in [1.82, 2.24) is 15.3 Å². The van der Waals surface area contributed by atoms with Crippen LogP contribution < -0.4 is 11.1 Å². The summed E-state index contributed by atoms with van der Waals surface area (Å²) in [6.07, 6.45) is 2.32. The molecule has 0 fully saturated rings. The second-order valence-corrected chi connectivity index (χ2v) is 6.28. The van der Waals surface area contributed by atoms with E-state index < -0.39 is 0 Å². The van der Waals surface area contributed by atoms with Gasteiger partial charge in [-0.25, -0.2) is 14.4 Å². The summed E-state index contributed by atoms with van der Waals surface area (Å²) in [6, 6.07) is 2.94. The van der Waals surface area contributed by atoms with Gasteiger partial charge in [-0.3, -0.25) is 4.79 Å². The van der Waals surface area contributed by atoms with E-state index in [4.69, 9.17) is 5.73 Å². The van der Waals surface area contributed by atoms with E-state index in [1.165, 1.54) is 23.6 Å². The average molecular weight is 344 g/mol. The molecule has 2 aromatic heterocycles. The zero-order valence-electron chi connectivity index (χ0n) is 13.4. The van der Waals surface area contributed by atoms with Gasteiger partial charge < -0.3 is 11.1 Å². The van der Waals surface area contributed by atoms with Gasteiger partial charge in [0.25, 0.3) is 5.91 Å². The number of nitrogen functional groups attached to an aromatic ring is 1. The quantitative estimate of drug-likeness (QED) is 0.759. The van der Waals surface area contributed by atoms with E-state index in [2.05, 4.69) is 15.3 Å². The van der Waals surface area contributed by atoms with Crippen LogP contribution in [0.4, 0.5) is 10.1 Å². The predicted octanol–water partition coefficient (Wildman–Crippen LogP) is 3.53. The van der Waals surface area contributed by atoms with Gasteiger partial charge in [0.15, 0.2) is 5.69 Å². The second-order valence-electron chi connectivity index (χ2n) is 5.43. The molecule has 7 heteroatoms. The van der Waals surface area contributed by atoms with E-state index in [-0.39, 0.29) is 23.1 Å². The lowest BCUT2D eigenvalue weighted by Gasteiger charge is -2.12. The standard InChI is InChI=1S/C17H17FN4OS/c1-3-6-20-17(23)15-14(19)10-4-5-12(18)13(11(10)7-21-15)16-9(2)22-8-24-16/h4-5,7-8H,3,6,19H2,1-2H3,(H,20,23). The van der Waals surface area contributed by atoms with Gasteiger partial charge in [0.05, 0.1) is 21.8 Å². The number of pyridine rings is 1. The van der Waals surface area contributed by atoms with Crippen molar-refractivity contribution in [2.75, 3.05) is 12.3 Å². The topological polar surface area (TPSA) is 80.9 Å². The number of fused-ring (bicyclic) bond motifs is 1. The van der Waals surface area contributed by atoms with Crippen molar-refractivity contribution in [3.63, 3.8) is 0 Å². The van der Waals surface area contributed by atoms with Gasteiger partial charge in [0.1, 0.15) is 5.82 Å². The summed E-state index contributed by atoms with van der Waals surface area (Å²) in [4.78, 5) is 21.3. The van der Waals surface area contributed by atoms with E-state index in [1.807, 2.05) is 13.8 Å². The fourth-order valence-corrected chi connectivity index (χ4v) is 3.43. The number of amides is 1. The van der Waals surface area contributed by atoms with Crippen LogP contribution in [0.3, 0.4) is 0 Å². The number of carbonyl (C=O) groups excluding carboxylic acids is 1. The molecule has 0 saturated carbocycles. The summed E-state index contributed by atoms with van der Waals surface area (Å²) >= 11 is 1.36. The number of nitrogens with two attached hydrogens (primary N) is 1. The highest BCUT2D eigenvalue weighted by molar-refractivity contribution is 7.13. The third kappa shape index (κ3) is 2.71. The Morgan fingerprint density at radius 3 is 2.79 bits per heavy atom. The van der Waals surface area contributed by atoms with Crippen molar-refractivity contribution < 1.29 is 9.18 Å². The first-order valence-electron chi connectivity index (χ1n) is 7.60. The molecular weight excluding hydrogens is 327 g/mol. The molecule has 3 N–H and O–H groups in total. The lowest BCUT2D eigenvalue weighted by atomic mass is 10.0. The Morgan fingerprint density at radius 2 is 2.12 bits per heavy atom. The number of aromatic nitrogens is 2. The number of rotatable bonds is 4. The third-order valence-electron chi connectivity index (χ3n) is 3.79. The number of anilines is 1. The Hall–Kier alpha value is -2.54. The highest BCUT2D eigenvalue weighted by atomic mass is 32.1. The third-order valence-corrected chi connectivity index (χ3v) is 4.73. The molecule has 1 amide bonds. The molecule has 3 aromatic rings. The molecule has 0 saturated heterocycles. The van der Waals surface area contributed by atoms with Crippen LogP contribution >= 0.6 is 11.3 Å². The summed E-state index contributed by atoms with van der Waals surface area (Å²) in [5, 5.41) is 3.94. The van der Waals surface area contributed by atoms with Gasteiger partial charge in [0.2, 0.25) is 0 Å². The van der Waals surface area contributed by atoms with E-state index in [1.54, 1.807) is 11.6 Å². The minimum atomic E-state index is -0.362. The van der Waals surface area contributed by atoms with Crippen molar-refractivity contribution >= 4 is 33.7 Å². The van der Waals surface area contributed by atoms with Gasteiger partial charge in [0, 0.05) is 29.1 Å². The maximum absolute atomic E-state index is 14.5. The number of benzene rings is 1. The number of carbonyl (C=O) groups is 1. The molecular formula is C17H17FN4OS. The monoisotopic (exact) mass is 344 g/mol. The number of hydrogen-bond acceptors (Lipinski definition) is 5. The van der Waals surface area contributed by atoms with E-state index in [0.29, 0.717) is 22.9 Å². The molecule has 1 aromatic carbocycles. The van der Waals surface area contributed by atoms with Crippen LogP contribution in [0.15, 0.2) is 23.8 Å². The summed E-state index contributed by atoms with van der Waals surface area (Å²) < 4.78 is 14.5. The van der Waals surface area contributed by atoms with Crippen LogP contribution in [0, 0.1) is 12.7 Å². The first-order valence-corrected chi connectivity index (χ1v) is 8.47. The molecule has 5 nitrogen and oxygen atoms in total. The maximum atomic E-state index is 14.5.